The van der Waals surface area contributed by atoms with E-state index in [1.165, 1.54) is 6.07 Å². The van der Waals surface area contributed by atoms with E-state index in [-0.39, 0.29) is 5.56 Å². The molecule has 0 N–H and O–H groups in total. The molecule has 0 amide bonds. The molecule has 2 aromatic heterocycles. The van der Waals surface area contributed by atoms with Crippen LogP contribution in [-0.4, -0.2) is 9.55 Å². The van der Waals surface area contributed by atoms with Crippen LogP contribution in [0.2, 0.25) is 5.02 Å². The first-order chi connectivity index (χ1) is 12.7. The van der Waals surface area contributed by atoms with Crippen LogP contribution >= 0.6 is 11.6 Å². The standard InChI is InChI=1S/C22H17ClN2O/c1-2-25-20-11-10-16(13-18(20)19(23)14-21(25)26)17-9-6-12-24-22(17)15-7-4-3-5-8-15/h3-14H,2H2,1H3. The molecular weight excluding hydrogens is 344 g/mol. The van der Waals surface area contributed by atoms with Crippen molar-refractivity contribution in [3.05, 3.63) is 88.3 Å². The Balaban J connectivity index is 1.96. The lowest BCUT2D eigenvalue weighted by atomic mass is 9.98. The van der Waals surface area contributed by atoms with Gasteiger partial charge in [-0.2, -0.15) is 0 Å². The summed E-state index contributed by atoms with van der Waals surface area (Å²) in [6.45, 7) is 2.56. The minimum Gasteiger partial charge on any atom is -0.308 e. The smallest absolute Gasteiger partial charge is 0.252 e. The summed E-state index contributed by atoms with van der Waals surface area (Å²) < 4.78 is 1.73. The Kier molecular flexibility index (Phi) is 4.31. The van der Waals surface area contributed by atoms with Gasteiger partial charge in [0.25, 0.3) is 5.56 Å². The zero-order chi connectivity index (χ0) is 18.1. The van der Waals surface area contributed by atoms with Crippen LogP contribution < -0.4 is 5.56 Å². The molecule has 0 aliphatic heterocycles. The van der Waals surface area contributed by atoms with Crippen LogP contribution in [0.25, 0.3) is 33.3 Å². The van der Waals surface area contributed by atoms with Crippen molar-refractivity contribution in [3.8, 4) is 22.4 Å². The molecule has 4 rings (SSSR count). The molecule has 0 saturated heterocycles. The second-order valence-corrected chi connectivity index (χ2v) is 6.48. The van der Waals surface area contributed by atoms with Gasteiger partial charge in [0, 0.05) is 35.3 Å². The summed E-state index contributed by atoms with van der Waals surface area (Å²) in [6.07, 6.45) is 1.80. The van der Waals surface area contributed by atoms with Crippen molar-refractivity contribution < 1.29 is 0 Å². The molecule has 0 saturated carbocycles. The van der Waals surface area contributed by atoms with Crippen molar-refractivity contribution >= 4 is 22.5 Å². The van der Waals surface area contributed by atoms with Crippen molar-refractivity contribution in [1.29, 1.82) is 0 Å². The van der Waals surface area contributed by atoms with Crippen LogP contribution in [0.4, 0.5) is 0 Å². The van der Waals surface area contributed by atoms with Crippen molar-refractivity contribution in [2.45, 2.75) is 13.5 Å². The predicted octanol–water partition coefficient (Wildman–Crippen LogP) is 5.40. The number of fused-ring (bicyclic) bond motifs is 1. The van der Waals surface area contributed by atoms with E-state index in [1.54, 1.807) is 10.8 Å². The largest absolute Gasteiger partial charge is 0.308 e. The van der Waals surface area contributed by atoms with Gasteiger partial charge in [0.15, 0.2) is 0 Å². The highest BCUT2D eigenvalue weighted by molar-refractivity contribution is 6.35. The number of pyridine rings is 2. The molecule has 0 fully saturated rings. The molecule has 0 bridgehead atoms. The number of benzene rings is 2. The van der Waals surface area contributed by atoms with Gasteiger partial charge in [0.1, 0.15) is 0 Å². The number of aromatic nitrogens is 2. The van der Waals surface area contributed by atoms with Crippen LogP contribution in [0.5, 0.6) is 0 Å². The molecule has 4 heteroatoms. The molecule has 4 aromatic rings. The highest BCUT2D eigenvalue weighted by Gasteiger charge is 2.12. The van der Waals surface area contributed by atoms with Crippen molar-refractivity contribution in [2.24, 2.45) is 0 Å². The van der Waals surface area contributed by atoms with E-state index in [9.17, 15) is 4.79 Å². The van der Waals surface area contributed by atoms with Gasteiger partial charge < -0.3 is 4.57 Å². The Hall–Kier alpha value is -2.91. The zero-order valence-corrected chi connectivity index (χ0v) is 15.1. The molecule has 2 aromatic carbocycles. The van der Waals surface area contributed by atoms with E-state index >= 15 is 0 Å². The number of rotatable bonds is 3. The molecule has 26 heavy (non-hydrogen) atoms. The van der Waals surface area contributed by atoms with E-state index < -0.39 is 0 Å². The first-order valence-corrected chi connectivity index (χ1v) is 8.90. The zero-order valence-electron chi connectivity index (χ0n) is 14.3. The van der Waals surface area contributed by atoms with E-state index in [0.717, 1.165) is 33.3 Å². The van der Waals surface area contributed by atoms with E-state index in [0.29, 0.717) is 11.6 Å². The fraction of sp³-hybridized carbons (Fsp3) is 0.0909. The number of aryl methyl sites for hydroxylation is 1. The average molecular weight is 361 g/mol. The summed E-state index contributed by atoms with van der Waals surface area (Å²) in [6, 6.07) is 21.6. The highest BCUT2D eigenvalue weighted by Crippen LogP contribution is 2.33. The molecule has 128 valence electrons. The van der Waals surface area contributed by atoms with Gasteiger partial charge >= 0.3 is 0 Å². The molecule has 0 radical (unpaired) electrons. The summed E-state index contributed by atoms with van der Waals surface area (Å²) in [4.78, 5) is 16.7. The fourth-order valence-corrected chi connectivity index (χ4v) is 3.55. The molecule has 3 nitrogen and oxygen atoms in total. The van der Waals surface area contributed by atoms with E-state index in [1.807, 2.05) is 49.4 Å². The van der Waals surface area contributed by atoms with Gasteiger partial charge in [-0.25, -0.2) is 0 Å². The quantitative estimate of drug-likeness (QED) is 0.490. The van der Waals surface area contributed by atoms with E-state index in [2.05, 4.69) is 23.2 Å². The molecule has 0 aliphatic carbocycles. The molecule has 0 aliphatic rings. The van der Waals surface area contributed by atoms with Gasteiger partial charge in [-0.1, -0.05) is 54.1 Å². The Labute approximate surface area is 156 Å². The molecular formula is C22H17ClN2O. The van der Waals surface area contributed by atoms with Gasteiger partial charge in [-0.15, -0.1) is 0 Å². The second kappa shape index (κ2) is 6.77. The number of nitrogens with zero attached hydrogens (tertiary/aromatic N) is 2. The molecule has 0 unspecified atom stereocenters. The first kappa shape index (κ1) is 16.6. The van der Waals surface area contributed by atoms with Gasteiger partial charge in [0.2, 0.25) is 0 Å². The van der Waals surface area contributed by atoms with Crippen molar-refractivity contribution in [2.75, 3.05) is 0 Å². The minimum absolute atomic E-state index is 0.0795. The summed E-state index contributed by atoms with van der Waals surface area (Å²) in [5.74, 6) is 0. The SMILES string of the molecule is CCn1c(=O)cc(Cl)c2cc(-c3cccnc3-c3ccccc3)ccc21. The lowest BCUT2D eigenvalue weighted by molar-refractivity contribution is 0.760. The summed E-state index contributed by atoms with van der Waals surface area (Å²) in [5.41, 5.74) is 4.81. The van der Waals surface area contributed by atoms with Crippen LogP contribution in [0.3, 0.4) is 0 Å². The number of hydrogen-bond donors (Lipinski definition) is 0. The Bertz CT molecular complexity index is 1150. The van der Waals surface area contributed by atoms with Crippen LogP contribution in [0.1, 0.15) is 6.92 Å². The maximum absolute atomic E-state index is 12.1. The lowest BCUT2D eigenvalue weighted by Crippen LogP contribution is -2.18. The normalized spacial score (nSPS) is 11.0. The van der Waals surface area contributed by atoms with E-state index in [4.69, 9.17) is 11.6 Å². The summed E-state index contributed by atoms with van der Waals surface area (Å²) in [5, 5.41) is 1.34. The third-order valence-electron chi connectivity index (χ3n) is 4.54. The Morgan fingerprint density at radius 3 is 2.54 bits per heavy atom. The maximum Gasteiger partial charge on any atom is 0.252 e. The fourth-order valence-electron chi connectivity index (χ4n) is 3.30. The highest BCUT2D eigenvalue weighted by atomic mass is 35.5. The minimum atomic E-state index is -0.0795. The predicted molar refractivity (Wildman–Crippen MR) is 108 cm³/mol. The summed E-state index contributed by atoms with van der Waals surface area (Å²) in [7, 11) is 0. The van der Waals surface area contributed by atoms with Gasteiger partial charge in [-0.3, -0.25) is 9.78 Å². The second-order valence-electron chi connectivity index (χ2n) is 6.07. The van der Waals surface area contributed by atoms with Gasteiger partial charge in [-0.05, 0) is 30.7 Å². The van der Waals surface area contributed by atoms with Crippen molar-refractivity contribution in [1.82, 2.24) is 9.55 Å². The molecule has 0 spiro atoms. The number of halogens is 1. The third kappa shape index (κ3) is 2.80. The topological polar surface area (TPSA) is 34.9 Å². The van der Waals surface area contributed by atoms with Crippen LogP contribution in [0, 0.1) is 0 Å². The lowest BCUT2D eigenvalue weighted by Gasteiger charge is -2.13. The first-order valence-electron chi connectivity index (χ1n) is 8.53. The van der Waals surface area contributed by atoms with Crippen LogP contribution in [-0.2, 0) is 6.54 Å². The Morgan fingerprint density at radius 1 is 0.962 bits per heavy atom. The maximum atomic E-state index is 12.1. The molecule has 0 atom stereocenters. The third-order valence-corrected chi connectivity index (χ3v) is 4.86. The number of hydrogen-bond acceptors (Lipinski definition) is 2. The average Bonchev–Trinajstić information content (AvgIpc) is 2.69. The monoisotopic (exact) mass is 360 g/mol. The van der Waals surface area contributed by atoms with Crippen molar-refractivity contribution in [3.63, 3.8) is 0 Å². The van der Waals surface area contributed by atoms with Gasteiger partial charge in [0.05, 0.1) is 16.2 Å². The molecule has 2 heterocycles. The van der Waals surface area contributed by atoms with Crippen LogP contribution in [0.15, 0.2) is 77.7 Å². The summed E-state index contributed by atoms with van der Waals surface area (Å²) >= 11 is 6.38. The Morgan fingerprint density at radius 2 is 1.77 bits per heavy atom.